The molecular weight excluding hydrogens is 369 g/mol. The van der Waals surface area contributed by atoms with E-state index in [9.17, 15) is 14.0 Å². The Morgan fingerprint density at radius 2 is 1.83 bits per heavy atom. The van der Waals surface area contributed by atoms with Gasteiger partial charge in [-0.15, -0.1) is 0 Å². The molecule has 0 spiro atoms. The van der Waals surface area contributed by atoms with Gasteiger partial charge in [-0.25, -0.2) is 4.39 Å². The number of nitrogens with zero attached hydrogens (tertiary/aromatic N) is 1. The van der Waals surface area contributed by atoms with Crippen LogP contribution in [0.5, 0.6) is 0 Å². The second-order valence-corrected chi connectivity index (χ2v) is 7.48. The van der Waals surface area contributed by atoms with Crippen molar-refractivity contribution in [1.82, 2.24) is 4.90 Å². The van der Waals surface area contributed by atoms with Crippen molar-refractivity contribution in [3.8, 4) is 0 Å². The molecule has 0 radical (unpaired) electrons. The molecule has 2 amide bonds. The Kier molecular flexibility index (Phi) is 6.99. The van der Waals surface area contributed by atoms with Crippen LogP contribution in [0.15, 0.2) is 48.5 Å². The monoisotopic (exact) mass is 398 g/mol. The maximum absolute atomic E-state index is 14.0. The highest BCUT2D eigenvalue weighted by Crippen LogP contribution is 2.17. The van der Waals surface area contributed by atoms with E-state index in [1.54, 1.807) is 41.3 Å². The lowest BCUT2D eigenvalue weighted by Gasteiger charge is -2.20. The van der Waals surface area contributed by atoms with Crippen molar-refractivity contribution in [1.29, 1.82) is 0 Å². The molecule has 1 atom stereocenters. The van der Waals surface area contributed by atoms with Gasteiger partial charge in [0.25, 0.3) is 11.8 Å². The summed E-state index contributed by atoms with van der Waals surface area (Å²) >= 11 is 0. The highest BCUT2D eigenvalue weighted by molar-refractivity contribution is 5.97. The fraction of sp³-hybridized carbons (Fsp3) is 0.391. The predicted molar refractivity (Wildman–Crippen MR) is 111 cm³/mol. The minimum Gasteiger partial charge on any atom is -0.339 e. The van der Waals surface area contributed by atoms with Gasteiger partial charge in [0.05, 0.1) is 6.04 Å². The van der Waals surface area contributed by atoms with Crippen molar-refractivity contribution in [2.45, 2.75) is 39.3 Å². The maximum atomic E-state index is 14.0. The van der Waals surface area contributed by atoms with Crippen LogP contribution in [0.4, 0.5) is 10.1 Å². The van der Waals surface area contributed by atoms with E-state index in [2.05, 4.69) is 5.32 Å². The van der Waals surface area contributed by atoms with Gasteiger partial charge in [0, 0.05) is 42.7 Å². The van der Waals surface area contributed by atoms with Crippen LogP contribution in [0, 0.1) is 5.82 Å². The lowest BCUT2D eigenvalue weighted by molar-refractivity contribution is -0.917. The molecule has 154 valence electrons. The third-order valence-corrected chi connectivity index (χ3v) is 5.36. The molecule has 2 aromatic rings. The third kappa shape index (κ3) is 5.64. The van der Waals surface area contributed by atoms with E-state index in [0.29, 0.717) is 42.5 Å². The lowest BCUT2D eigenvalue weighted by atomic mass is 10.1. The highest BCUT2D eigenvalue weighted by Gasteiger charge is 2.35. The molecule has 1 aliphatic carbocycles. The van der Waals surface area contributed by atoms with Crippen LogP contribution < -0.4 is 10.2 Å². The molecule has 1 fully saturated rings. The summed E-state index contributed by atoms with van der Waals surface area (Å²) in [5.74, 6) is -0.403. The Labute approximate surface area is 171 Å². The summed E-state index contributed by atoms with van der Waals surface area (Å²) in [5.41, 5.74) is 1.80. The normalized spacial score (nSPS) is 14.3. The zero-order valence-electron chi connectivity index (χ0n) is 17.1. The fourth-order valence-corrected chi connectivity index (χ4v) is 3.56. The van der Waals surface area contributed by atoms with E-state index < -0.39 is 0 Å². The molecule has 0 aromatic heterocycles. The summed E-state index contributed by atoms with van der Waals surface area (Å²) in [7, 11) is 0. The SMILES string of the molecule is CCN(CC)C(=O)c1cccc(NC(=O)C[NH+](Cc2ccccc2F)C2CC2)c1. The topological polar surface area (TPSA) is 53.9 Å². The average molecular weight is 399 g/mol. The number of anilines is 1. The third-order valence-electron chi connectivity index (χ3n) is 5.36. The summed E-state index contributed by atoms with van der Waals surface area (Å²) in [6.07, 6.45) is 2.12. The molecule has 2 aromatic carbocycles. The first-order valence-corrected chi connectivity index (χ1v) is 10.3. The predicted octanol–water partition coefficient (Wildman–Crippen LogP) is 2.49. The zero-order valence-corrected chi connectivity index (χ0v) is 17.1. The van der Waals surface area contributed by atoms with Gasteiger partial charge in [0.2, 0.25) is 0 Å². The number of hydrogen-bond acceptors (Lipinski definition) is 2. The number of halogens is 1. The van der Waals surface area contributed by atoms with Gasteiger partial charge in [-0.3, -0.25) is 9.59 Å². The molecule has 0 aliphatic heterocycles. The van der Waals surface area contributed by atoms with E-state index >= 15 is 0 Å². The number of benzene rings is 2. The summed E-state index contributed by atoms with van der Waals surface area (Å²) in [5, 5.41) is 2.90. The van der Waals surface area contributed by atoms with Gasteiger partial charge in [-0.2, -0.15) is 0 Å². The quantitative estimate of drug-likeness (QED) is 0.682. The smallest absolute Gasteiger partial charge is 0.279 e. The molecular formula is C23H29FN3O2+. The van der Waals surface area contributed by atoms with Crippen LogP contribution in [0.3, 0.4) is 0 Å². The van der Waals surface area contributed by atoms with Crippen LogP contribution in [-0.2, 0) is 11.3 Å². The minimum absolute atomic E-state index is 0.0455. The number of amides is 2. The van der Waals surface area contributed by atoms with E-state index in [0.717, 1.165) is 17.7 Å². The maximum Gasteiger partial charge on any atom is 0.279 e. The highest BCUT2D eigenvalue weighted by atomic mass is 19.1. The molecule has 2 N–H and O–H groups in total. The Hall–Kier alpha value is -2.73. The van der Waals surface area contributed by atoms with Crippen molar-refractivity contribution in [3.63, 3.8) is 0 Å². The Bertz CT molecular complexity index is 863. The van der Waals surface area contributed by atoms with Crippen molar-refractivity contribution < 1.29 is 18.9 Å². The molecule has 0 saturated heterocycles. The van der Waals surface area contributed by atoms with Crippen LogP contribution in [-0.4, -0.2) is 42.4 Å². The van der Waals surface area contributed by atoms with Crippen LogP contribution >= 0.6 is 0 Å². The summed E-state index contributed by atoms with van der Waals surface area (Å²) in [6, 6.07) is 14.2. The van der Waals surface area contributed by atoms with Crippen LogP contribution in [0.25, 0.3) is 0 Å². The van der Waals surface area contributed by atoms with Gasteiger partial charge < -0.3 is 15.1 Å². The molecule has 1 unspecified atom stereocenters. The molecule has 1 aliphatic rings. The summed E-state index contributed by atoms with van der Waals surface area (Å²) < 4.78 is 14.0. The van der Waals surface area contributed by atoms with Crippen molar-refractivity contribution in [2.75, 3.05) is 25.0 Å². The molecule has 3 rings (SSSR count). The molecule has 5 nitrogen and oxygen atoms in total. The number of carbonyl (C=O) groups is 2. The number of rotatable bonds is 9. The molecule has 6 heteroatoms. The van der Waals surface area contributed by atoms with Gasteiger partial charge in [0.15, 0.2) is 6.54 Å². The van der Waals surface area contributed by atoms with E-state index in [1.807, 2.05) is 19.9 Å². The first-order chi connectivity index (χ1) is 14.0. The number of nitrogens with one attached hydrogen (secondary N) is 2. The molecule has 29 heavy (non-hydrogen) atoms. The zero-order chi connectivity index (χ0) is 20.8. The van der Waals surface area contributed by atoms with E-state index in [1.165, 1.54) is 6.07 Å². The largest absolute Gasteiger partial charge is 0.339 e. The lowest BCUT2D eigenvalue weighted by Crippen LogP contribution is -3.13. The Morgan fingerprint density at radius 3 is 2.48 bits per heavy atom. The standard InChI is InChI=1S/C23H28FN3O2/c1-3-26(4-2)23(29)17-9-7-10-19(14-17)25-22(28)16-27(20-12-13-20)15-18-8-5-6-11-21(18)24/h5-11,14,20H,3-4,12-13,15-16H2,1-2H3,(H,25,28)/p+1. The van der Waals surface area contributed by atoms with Crippen molar-refractivity contribution >= 4 is 17.5 Å². The van der Waals surface area contributed by atoms with E-state index in [4.69, 9.17) is 0 Å². The van der Waals surface area contributed by atoms with Gasteiger partial charge in [-0.05, 0) is 38.1 Å². The second-order valence-electron chi connectivity index (χ2n) is 7.48. The summed E-state index contributed by atoms with van der Waals surface area (Å²) in [6.45, 7) is 5.93. The summed E-state index contributed by atoms with van der Waals surface area (Å²) in [4.78, 5) is 28.0. The van der Waals surface area contributed by atoms with Crippen LogP contribution in [0.1, 0.15) is 42.6 Å². The first kappa shape index (κ1) is 21.0. The number of quaternary nitrogens is 1. The number of hydrogen-bond donors (Lipinski definition) is 2. The second kappa shape index (κ2) is 9.65. The van der Waals surface area contributed by atoms with Gasteiger partial charge in [0.1, 0.15) is 12.4 Å². The Morgan fingerprint density at radius 1 is 1.10 bits per heavy atom. The van der Waals surface area contributed by atoms with Crippen molar-refractivity contribution in [3.05, 3.63) is 65.5 Å². The molecule has 1 saturated carbocycles. The molecule has 0 bridgehead atoms. The average Bonchev–Trinajstić information content (AvgIpc) is 3.55. The fourth-order valence-electron chi connectivity index (χ4n) is 3.56. The first-order valence-electron chi connectivity index (χ1n) is 10.3. The Balaban J connectivity index is 1.64. The minimum atomic E-state index is -0.228. The van der Waals surface area contributed by atoms with Gasteiger partial charge >= 0.3 is 0 Å². The van der Waals surface area contributed by atoms with E-state index in [-0.39, 0.29) is 24.2 Å². The molecule has 0 heterocycles. The number of carbonyl (C=O) groups excluding carboxylic acids is 2. The van der Waals surface area contributed by atoms with Gasteiger partial charge in [-0.1, -0.05) is 24.3 Å². The van der Waals surface area contributed by atoms with Crippen LogP contribution in [0.2, 0.25) is 0 Å². The van der Waals surface area contributed by atoms with Crippen molar-refractivity contribution in [2.24, 2.45) is 0 Å².